The van der Waals surface area contributed by atoms with Crippen LogP contribution < -0.4 is 37.9 Å². The Labute approximate surface area is 277 Å². The molecule has 8 nitrogen and oxygen atoms in total. The summed E-state index contributed by atoms with van der Waals surface area (Å²) in [6, 6.07) is 16.6. The number of rotatable bonds is 14. The Bertz CT molecular complexity index is 1620. The van der Waals surface area contributed by atoms with E-state index in [4.69, 9.17) is 37.9 Å². The number of methoxy groups -OCH3 is 6. The van der Waals surface area contributed by atoms with Crippen molar-refractivity contribution in [3.63, 3.8) is 0 Å². The average molecular weight is 639 g/mol. The van der Waals surface area contributed by atoms with E-state index < -0.39 is 5.41 Å². The van der Waals surface area contributed by atoms with Gasteiger partial charge in [-0.15, -0.1) is 0 Å². The predicted octanol–water partition coefficient (Wildman–Crippen LogP) is 8.27. The van der Waals surface area contributed by atoms with E-state index in [1.54, 1.807) is 42.7 Å². The summed E-state index contributed by atoms with van der Waals surface area (Å²) in [5.74, 6) is 3.65. The van der Waals surface area contributed by atoms with Gasteiger partial charge in [0.25, 0.3) is 0 Å². The second kappa shape index (κ2) is 13.6. The van der Waals surface area contributed by atoms with Gasteiger partial charge in [-0.2, -0.15) is 0 Å². The Balaban J connectivity index is 2.23. The average Bonchev–Trinajstić information content (AvgIpc) is 3.40. The summed E-state index contributed by atoms with van der Waals surface area (Å²) in [7, 11) is 9.70. The maximum absolute atomic E-state index is 6.41. The zero-order valence-corrected chi connectivity index (χ0v) is 28.4. The Morgan fingerprint density at radius 1 is 0.489 bits per heavy atom. The SMILES string of the molecule is C=COc1c(CC)c(OC)c(C2(c3c(OC)c(CC)c(OC=C)c(OC)c3OC)c3ccccc3-c3ccccc32)c(OC)c1OC. The molecule has 1 aliphatic carbocycles. The lowest BCUT2D eigenvalue weighted by atomic mass is 9.65. The molecule has 47 heavy (non-hydrogen) atoms. The second-order valence-corrected chi connectivity index (χ2v) is 10.7. The van der Waals surface area contributed by atoms with Gasteiger partial charge < -0.3 is 37.9 Å². The lowest BCUT2D eigenvalue weighted by Gasteiger charge is -2.39. The Morgan fingerprint density at radius 3 is 1.13 bits per heavy atom. The standard InChI is InChI=1S/C39H42O8/c1-11-23-31(40-5)29(35(42-7)37(44-9)33(23)46-13-3)39(27-21-17-15-19-25(27)26-20-16-18-22-28(26)39)30-32(41-6)24(12-2)34(47-14-4)38(45-10)36(30)43-8/h13-22H,3-4,11-12H2,1-2,5-10H3. The molecule has 1 aliphatic rings. The topological polar surface area (TPSA) is 73.8 Å². The minimum Gasteiger partial charge on any atom is -0.496 e. The number of hydrogen-bond donors (Lipinski definition) is 0. The normalized spacial score (nSPS) is 12.3. The molecule has 4 aromatic rings. The minimum atomic E-state index is -1.17. The molecule has 0 radical (unpaired) electrons. The molecular weight excluding hydrogens is 596 g/mol. The van der Waals surface area contributed by atoms with Crippen LogP contribution in [0.15, 0.2) is 74.2 Å². The maximum Gasteiger partial charge on any atom is 0.204 e. The first kappa shape index (κ1) is 33.1. The zero-order chi connectivity index (χ0) is 33.9. The Hall–Kier alpha value is -5.24. The van der Waals surface area contributed by atoms with Gasteiger partial charge in [0.05, 0.1) is 71.7 Å². The van der Waals surface area contributed by atoms with Gasteiger partial charge >= 0.3 is 0 Å². The van der Waals surface area contributed by atoms with Gasteiger partial charge in [-0.1, -0.05) is 75.5 Å². The van der Waals surface area contributed by atoms with Crippen LogP contribution in [-0.2, 0) is 18.3 Å². The Kier molecular flexibility index (Phi) is 9.61. The van der Waals surface area contributed by atoms with Crippen molar-refractivity contribution in [3.05, 3.63) is 108 Å². The first-order chi connectivity index (χ1) is 22.9. The van der Waals surface area contributed by atoms with Crippen molar-refractivity contribution in [3.8, 4) is 57.1 Å². The summed E-state index contributed by atoms with van der Waals surface area (Å²) >= 11 is 0. The van der Waals surface area contributed by atoms with Crippen LogP contribution in [0.2, 0.25) is 0 Å². The van der Waals surface area contributed by atoms with Crippen LogP contribution in [-0.4, -0.2) is 42.7 Å². The zero-order valence-electron chi connectivity index (χ0n) is 28.4. The molecule has 0 saturated carbocycles. The molecule has 0 fully saturated rings. The lowest BCUT2D eigenvalue weighted by molar-refractivity contribution is 0.310. The summed E-state index contributed by atoms with van der Waals surface area (Å²) in [4.78, 5) is 0. The van der Waals surface area contributed by atoms with Crippen molar-refractivity contribution in [1.29, 1.82) is 0 Å². The van der Waals surface area contributed by atoms with Gasteiger partial charge in [0.2, 0.25) is 11.5 Å². The van der Waals surface area contributed by atoms with Gasteiger partial charge in [-0.25, -0.2) is 0 Å². The molecule has 0 amide bonds. The van der Waals surface area contributed by atoms with E-state index in [0.29, 0.717) is 70.0 Å². The highest BCUT2D eigenvalue weighted by molar-refractivity contribution is 5.92. The molecule has 0 aliphatic heterocycles. The molecule has 0 heterocycles. The van der Waals surface area contributed by atoms with Crippen molar-refractivity contribution in [2.24, 2.45) is 0 Å². The first-order valence-corrected chi connectivity index (χ1v) is 15.4. The summed E-state index contributed by atoms with van der Waals surface area (Å²) in [6.45, 7) is 11.7. The van der Waals surface area contributed by atoms with Crippen molar-refractivity contribution in [2.45, 2.75) is 32.1 Å². The first-order valence-electron chi connectivity index (χ1n) is 15.4. The fourth-order valence-electron chi connectivity index (χ4n) is 7.27. The van der Waals surface area contributed by atoms with Crippen LogP contribution in [0.25, 0.3) is 11.1 Å². The molecular formula is C39H42O8. The Morgan fingerprint density at radius 2 is 0.830 bits per heavy atom. The molecule has 0 N–H and O–H groups in total. The van der Waals surface area contributed by atoms with E-state index in [2.05, 4.69) is 37.4 Å². The van der Waals surface area contributed by atoms with Gasteiger partial charge in [-0.05, 0) is 35.1 Å². The van der Waals surface area contributed by atoms with Crippen LogP contribution in [0.3, 0.4) is 0 Å². The highest BCUT2D eigenvalue weighted by Gasteiger charge is 2.55. The van der Waals surface area contributed by atoms with Gasteiger partial charge in [-0.3, -0.25) is 0 Å². The van der Waals surface area contributed by atoms with E-state index in [1.165, 1.54) is 12.5 Å². The van der Waals surface area contributed by atoms with Crippen molar-refractivity contribution in [1.82, 2.24) is 0 Å². The molecule has 5 rings (SSSR count). The molecule has 246 valence electrons. The summed E-state index contributed by atoms with van der Waals surface area (Å²) < 4.78 is 49.7. The van der Waals surface area contributed by atoms with Gasteiger partial charge in [0.1, 0.15) is 11.5 Å². The third-order valence-electron chi connectivity index (χ3n) is 8.87. The highest BCUT2D eigenvalue weighted by Crippen LogP contribution is 2.68. The lowest BCUT2D eigenvalue weighted by Crippen LogP contribution is -2.32. The maximum atomic E-state index is 6.41. The van der Waals surface area contributed by atoms with Crippen LogP contribution in [0.5, 0.6) is 46.0 Å². The van der Waals surface area contributed by atoms with Crippen LogP contribution in [0.1, 0.15) is 47.2 Å². The smallest absolute Gasteiger partial charge is 0.204 e. The van der Waals surface area contributed by atoms with E-state index >= 15 is 0 Å². The molecule has 0 saturated heterocycles. The van der Waals surface area contributed by atoms with Crippen molar-refractivity contribution < 1.29 is 37.9 Å². The number of ether oxygens (including phenoxy) is 8. The monoisotopic (exact) mass is 638 g/mol. The van der Waals surface area contributed by atoms with Crippen LogP contribution in [0.4, 0.5) is 0 Å². The molecule has 0 bridgehead atoms. The van der Waals surface area contributed by atoms with E-state index in [0.717, 1.165) is 33.4 Å². The second-order valence-electron chi connectivity index (χ2n) is 10.7. The van der Waals surface area contributed by atoms with Crippen LogP contribution >= 0.6 is 0 Å². The van der Waals surface area contributed by atoms with Crippen molar-refractivity contribution in [2.75, 3.05) is 42.7 Å². The summed E-state index contributed by atoms with van der Waals surface area (Å²) in [5.41, 5.74) is 5.71. The fourth-order valence-corrected chi connectivity index (χ4v) is 7.27. The van der Waals surface area contributed by atoms with E-state index in [9.17, 15) is 0 Å². The van der Waals surface area contributed by atoms with E-state index in [1.807, 2.05) is 38.1 Å². The molecule has 0 unspecified atom stereocenters. The van der Waals surface area contributed by atoms with Crippen molar-refractivity contribution >= 4 is 0 Å². The highest BCUT2D eigenvalue weighted by atomic mass is 16.5. The largest absolute Gasteiger partial charge is 0.496 e. The fraction of sp³-hybridized carbons (Fsp3) is 0.282. The third kappa shape index (κ3) is 4.65. The molecule has 8 heteroatoms. The quantitative estimate of drug-likeness (QED) is 0.113. The van der Waals surface area contributed by atoms with Crippen LogP contribution in [0, 0.1) is 0 Å². The van der Waals surface area contributed by atoms with Gasteiger partial charge in [0, 0.05) is 11.1 Å². The van der Waals surface area contributed by atoms with Gasteiger partial charge in [0.15, 0.2) is 23.0 Å². The molecule has 0 atom stereocenters. The number of fused-ring (bicyclic) bond motifs is 3. The number of benzene rings is 4. The molecule has 0 spiro atoms. The van der Waals surface area contributed by atoms with E-state index in [-0.39, 0.29) is 0 Å². The summed E-state index contributed by atoms with van der Waals surface area (Å²) in [5, 5.41) is 0. The molecule has 0 aromatic heterocycles. The third-order valence-corrected chi connectivity index (χ3v) is 8.87. The predicted molar refractivity (Wildman–Crippen MR) is 183 cm³/mol. The minimum absolute atomic E-state index is 0.397. The molecule has 4 aromatic carbocycles. The number of hydrogen-bond acceptors (Lipinski definition) is 8. The summed E-state index contributed by atoms with van der Waals surface area (Å²) in [6.07, 6.45) is 3.83.